The lowest BCUT2D eigenvalue weighted by Gasteiger charge is -2.26. The van der Waals surface area contributed by atoms with Crippen LogP contribution in [-0.2, 0) is 6.42 Å². The van der Waals surface area contributed by atoms with Gasteiger partial charge in [0.15, 0.2) is 0 Å². The molecule has 24 heavy (non-hydrogen) atoms. The number of nitrogens with two attached hydrogens (primary N) is 2. The van der Waals surface area contributed by atoms with Crippen molar-refractivity contribution in [3.63, 3.8) is 0 Å². The van der Waals surface area contributed by atoms with Crippen molar-refractivity contribution >= 4 is 23.3 Å². The highest BCUT2D eigenvalue weighted by Crippen LogP contribution is 2.36. The third-order valence-corrected chi connectivity index (χ3v) is 4.42. The van der Waals surface area contributed by atoms with Gasteiger partial charge in [0.05, 0.1) is 17.1 Å². The molecule has 4 N–H and O–H groups in total. The summed E-state index contributed by atoms with van der Waals surface area (Å²) in [5.41, 5.74) is 15.5. The van der Waals surface area contributed by atoms with Gasteiger partial charge in [-0.2, -0.15) is 5.10 Å². The highest BCUT2D eigenvalue weighted by Gasteiger charge is 2.29. The summed E-state index contributed by atoms with van der Waals surface area (Å²) < 4.78 is 0. The van der Waals surface area contributed by atoms with Crippen LogP contribution in [0.2, 0.25) is 5.02 Å². The Morgan fingerprint density at radius 1 is 1.17 bits per heavy atom. The van der Waals surface area contributed by atoms with E-state index in [0.717, 1.165) is 45.5 Å². The number of guanidine groups is 1. The Hall–Kier alpha value is -2.47. The van der Waals surface area contributed by atoms with Gasteiger partial charge in [0.1, 0.15) is 5.82 Å². The fourth-order valence-electron chi connectivity index (χ4n) is 3.18. The molecule has 0 saturated carbocycles. The standard InChI is InChI=1S/C17H19ClN6/c1-9-16-14(22-10(2)21-9)7-11(8-15(16)23-24-17(19)20)12-5-3-4-6-13(12)18/h3-6,11H,7-8H2,1-2H3,(H4,19,20,24)/b23-15-. The summed E-state index contributed by atoms with van der Waals surface area (Å²) >= 11 is 6.38. The molecular formula is C17H19ClN6. The Labute approximate surface area is 145 Å². The Bertz CT molecular complexity index is 839. The van der Waals surface area contributed by atoms with Gasteiger partial charge < -0.3 is 11.5 Å². The largest absolute Gasteiger partial charge is 0.369 e. The van der Waals surface area contributed by atoms with Crippen molar-refractivity contribution < 1.29 is 0 Å². The predicted molar refractivity (Wildman–Crippen MR) is 96.4 cm³/mol. The summed E-state index contributed by atoms with van der Waals surface area (Å²) in [7, 11) is 0. The first-order valence-electron chi connectivity index (χ1n) is 7.70. The molecule has 2 aromatic rings. The molecule has 7 heteroatoms. The van der Waals surface area contributed by atoms with Gasteiger partial charge in [-0.3, -0.25) is 0 Å². The summed E-state index contributed by atoms with van der Waals surface area (Å²) in [5.74, 6) is 0.842. The number of hydrogen-bond acceptors (Lipinski definition) is 4. The number of nitrogens with zero attached hydrogens (tertiary/aromatic N) is 4. The fraction of sp³-hybridized carbons (Fsp3) is 0.294. The van der Waals surface area contributed by atoms with E-state index in [1.807, 2.05) is 38.1 Å². The summed E-state index contributed by atoms with van der Waals surface area (Å²) in [6.45, 7) is 3.84. The molecule has 0 fully saturated rings. The smallest absolute Gasteiger partial charge is 0.211 e. The molecule has 1 unspecified atom stereocenters. The first kappa shape index (κ1) is 16.4. The van der Waals surface area contributed by atoms with E-state index in [0.29, 0.717) is 6.42 Å². The zero-order valence-corrected chi connectivity index (χ0v) is 14.4. The molecule has 124 valence electrons. The minimum atomic E-state index is -0.0744. The number of aryl methyl sites for hydroxylation is 2. The van der Waals surface area contributed by atoms with Crippen LogP contribution in [-0.4, -0.2) is 21.6 Å². The molecule has 0 aliphatic heterocycles. The lowest BCUT2D eigenvalue weighted by Crippen LogP contribution is -2.25. The van der Waals surface area contributed by atoms with Crippen molar-refractivity contribution in [2.75, 3.05) is 0 Å². The molecule has 1 atom stereocenters. The maximum atomic E-state index is 6.38. The number of halogens is 1. The van der Waals surface area contributed by atoms with Crippen molar-refractivity contribution in [2.45, 2.75) is 32.6 Å². The van der Waals surface area contributed by atoms with Gasteiger partial charge in [-0.25, -0.2) is 9.97 Å². The van der Waals surface area contributed by atoms with Crippen LogP contribution in [0.1, 0.15) is 40.7 Å². The predicted octanol–water partition coefficient (Wildman–Crippen LogP) is 2.45. The molecule has 1 aliphatic carbocycles. The highest BCUT2D eigenvalue weighted by molar-refractivity contribution is 6.31. The average Bonchev–Trinajstić information content (AvgIpc) is 2.52. The first-order chi connectivity index (χ1) is 11.5. The van der Waals surface area contributed by atoms with Crippen LogP contribution >= 0.6 is 11.6 Å². The van der Waals surface area contributed by atoms with Crippen molar-refractivity contribution in [2.24, 2.45) is 21.7 Å². The fourth-order valence-corrected chi connectivity index (χ4v) is 3.47. The van der Waals surface area contributed by atoms with Gasteiger partial charge in [0, 0.05) is 10.6 Å². The van der Waals surface area contributed by atoms with Crippen LogP contribution < -0.4 is 11.5 Å². The van der Waals surface area contributed by atoms with Gasteiger partial charge in [-0.15, -0.1) is 5.10 Å². The third-order valence-electron chi connectivity index (χ3n) is 4.08. The Morgan fingerprint density at radius 3 is 2.62 bits per heavy atom. The van der Waals surface area contributed by atoms with Crippen LogP contribution in [0.3, 0.4) is 0 Å². The monoisotopic (exact) mass is 342 g/mol. The van der Waals surface area contributed by atoms with Gasteiger partial charge in [-0.05, 0) is 44.2 Å². The molecule has 1 heterocycles. The van der Waals surface area contributed by atoms with E-state index in [2.05, 4.69) is 20.2 Å². The lowest BCUT2D eigenvalue weighted by molar-refractivity contribution is 0.670. The molecule has 6 nitrogen and oxygen atoms in total. The molecular weight excluding hydrogens is 324 g/mol. The van der Waals surface area contributed by atoms with Crippen molar-refractivity contribution in [3.8, 4) is 0 Å². The van der Waals surface area contributed by atoms with Crippen LogP contribution in [0.15, 0.2) is 34.5 Å². The maximum absolute atomic E-state index is 6.38. The van der Waals surface area contributed by atoms with E-state index in [9.17, 15) is 0 Å². The van der Waals surface area contributed by atoms with Crippen LogP contribution in [0, 0.1) is 13.8 Å². The zero-order chi connectivity index (χ0) is 17.3. The van der Waals surface area contributed by atoms with Gasteiger partial charge in [0.2, 0.25) is 5.96 Å². The highest BCUT2D eigenvalue weighted by atomic mass is 35.5. The molecule has 0 spiro atoms. The van der Waals surface area contributed by atoms with Crippen LogP contribution in [0.4, 0.5) is 0 Å². The molecule has 1 aromatic carbocycles. The van der Waals surface area contributed by atoms with Crippen LogP contribution in [0.5, 0.6) is 0 Å². The second kappa shape index (κ2) is 6.57. The summed E-state index contributed by atoms with van der Waals surface area (Å²) in [6, 6.07) is 7.85. The quantitative estimate of drug-likeness (QED) is 0.497. The zero-order valence-electron chi connectivity index (χ0n) is 13.6. The van der Waals surface area contributed by atoms with E-state index in [1.165, 1.54) is 0 Å². The Balaban J connectivity index is 2.12. The third kappa shape index (κ3) is 3.23. The van der Waals surface area contributed by atoms with Crippen molar-refractivity contribution in [1.82, 2.24) is 9.97 Å². The number of benzene rings is 1. The molecule has 0 amide bonds. The topological polar surface area (TPSA) is 103 Å². The van der Waals surface area contributed by atoms with Gasteiger partial charge in [0.25, 0.3) is 0 Å². The van der Waals surface area contributed by atoms with E-state index < -0.39 is 0 Å². The second-order valence-corrected chi connectivity index (χ2v) is 6.28. The van der Waals surface area contributed by atoms with E-state index in [-0.39, 0.29) is 11.9 Å². The lowest BCUT2D eigenvalue weighted by atomic mass is 9.80. The first-order valence-corrected chi connectivity index (χ1v) is 8.08. The summed E-state index contributed by atoms with van der Waals surface area (Å²) in [4.78, 5) is 9.06. The van der Waals surface area contributed by atoms with E-state index >= 15 is 0 Å². The van der Waals surface area contributed by atoms with Crippen molar-refractivity contribution in [1.29, 1.82) is 0 Å². The van der Waals surface area contributed by atoms with E-state index in [1.54, 1.807) is 0 Å². The molecule has 1 aromatic heterocycles. The molecule has 0 bridgehead atoms. The number of aromatic nitrogens is 2. The minimum Gasteiger partial charge on any atom is -0.369 e. The molecule has 1 aliphatic rings. The molecule has 0 radical (unpaired) electrons. The average molecular weight is 343 g/mol. The van der Waals surface area contributed by atoms with Crippen LogP contribution in [0.25, 0.3) is 0 Å². The number of rotatable bonds is 2. The Kier molecular flexibility index (Phi) is 4.49. The molecule has 3 rings (SSSR count). The normalized spacial score (nSPS) is 18.3. The second-order valence-electron chi connectivity index (χ2n) is 5.88. The SMILES string of the molecule is Cc1nc(C)c2c(n1)CC(c1ccccc1Cl)C/C2=N/N=C(N)N. The summed E-state index contributed by atoms with van der Waals surface area (Å²) in [5, 5.41) is 8.83. The van der Waals surface area contributed by atoms with Gasteiger partial charge in [-0.1, -0.05) is 29.8 Å². The summed E-state index contributed by atoms with van der Waals surface area (Å²) in [6.07, 6.45) is 1.46. The minimum absolute atomic E-state index is 0.0744. The van der Waals surface area contributed by atoms with Crippen molar-refractivity contribution in [3.05, 3.63) is 57.6 Å². The maximum Gasteiger partial charge on any atom is 0.211 e. The number of fused-ring (bicyclic) bond motifs is 1. The van der Waals surface area contributed by atoms with E-state index in [4.69, 9.17) is 23.1 Å². The number of hydrogen-bond donors (Lipinski definition) is 2. The van der Waals surface area contributed by atoms with Gasteiger partial charge >= 0.3 is 0 Å². The molecule has 0 saturated heterocycles. The Morgan fingerprint density at radius 2 is 1.92 bits per heavy atom.